The molecule has 2 fully saturated rings. The van der Waals surface area contributed by atoms with Gasteiger partial charge in [-0.25, -0.2) is 4.68 Å². The van der Waals surface area contributed by atoms with Crippen molar-refractivity contribution < 1.29 is 9.59 Å². The van der Waals surface area contributed by atoms with Gasteiger partial charge in [0.25, 0.3) is 5.91 Å². The summed E-state index contributed by atoms with van der Waals surface area (Å²) in [5.74, 6) is 0.168. The van der Waals surface area contributed by atoms with Crippen molar-refractivity contribution in [3.05, 3.63) is 102 Å². The molecule has 1 aliphatic heterocycles. The van der Waals surface area contributed by atoms with Crippen LogP contribution in [-0.4, -0.2) is 49.4 Å². The molecule has 1 saturated heterocycles. The molecule has 3 aromatic carbocycles. The number of hydrogen-bond acceptors (Lipinski definition) is 4. The van der Waals surface area contributed by atoms with Gasteiger partial charge in [-0.15, -0.1) is 5.10 Å². The Labute approximate surface area is 238 Å². The second-order valence-electron chi connectivity index (χ2n) is 11.1. The minimum atomic E-state index is -0.00169. The number of amides is 2. The Morgan fingerprint density at radius 2 is 1.63 bits per heavy atom. The predicted octanol–water partition coefficient (Wildman–Crippen LogP) is 5.77. The number of carbonyl (C=O) groups is 2. The lowest BCUT2D eigenvalue weighted by molar-refractivity contribution is -0.117. The van der Waals surface area contributed by atoms with E-state index in [-0.39, 0.29) is 23.8 Å². The van der Waals surface area contributed by atoms with Crippen molar-refractivity contribution in [2.45, 2.75) is 38.3 Å². The topological polar surface area (TPSA) is 85.0 Å². The van der Waals surface area contributed by atoms with E-state index in [1.54, 1.807) is 6.07 Å². The number of benzene rings is 3. The third-order valence-electron chi connectivity index (χ3n) is 8.21. The van der Waals surface area contributed by atoms with Gasteiger partial charge in [-0.2, -0.15) is 0 Å². The zero-order chi connectivity index (χ0) is 27.8. The van der Waals surface area contributed by atoms with E-state index in [9.17, 15) is 9.59 Å². The van der Waals surface area contributed by atoms with Crippen molar-refractivity contribution in [1.29, 1.82) is 0 Å². The molecule has 0 spiro atoms. The molecule has 2 aliphatic rings. The van der Waals surface area contributed by atoms with Gasteiger partial charge < -0.3 is 14.8 Å². The van der Waals surface area contributed by atoms with Crippen LogP contribution in [0.2, 0.25) is 0 Å². The summed E-state index contributed by atoms with van der Waals surface area (Å²) in [7, 11) is 0. The van der Waals surface area contributed by atoms with E-state index in [0.29, 0.717) is 30.9 Å². The molecule has 8 heteroatoms. The van der Waals surface area contributed by atoms with Crippen molar-refractivity contribution in [3.8, 4) is 11.3 Å². The maximum atomic E-state index is 13.2. The molecule has 0 atom stereocenters. The molecular formula is C33H32N6O2. The van der Waals surface area contributed by atoms with E-state index in [0.717, 1.165) is 37.1 Å². The number of fused-ring (bicyclic) bond motifs is 1. The minimum Gasteiger partial charge on any atom is -0.338 e. The summed E-state index contributed by atoms with van der Waals surface area (Å²) >= 11 is 0. The Balaban J connectivity index is 1.02. The highest BCUT2D eigenvalue weighted by Crippen LogP contribution is 2.31. The molecule has 5 aromatic rings. The van der Waals surface area contributed by atoms with Gasteiger partial charge in [0.2, 0.25) is 5.91 Å². The average molecular weight is 545 g/mol. The van der Waals surface area contributed by atoms with E-state index in [1.807, 2.05) is 33.8 Å². The maximum Gasteiger partial charge on any atom is 0.253 e. The monoisotopic (exact) mass is 544 g/mol. The quantitative estimate of drug-likeness (QED) is 0.282. The van der Waals surface area contributed by atoms with Crippen LogP contribution in [0.3, 0.4) is 0 Å². The summed E-state index contributed by atoms with van der Waals surface area (Å²) < 4.78 is 4.28. The number of likely N-dealkylation sites (tertiary alicyclic amines) is 1. The molecule has 206 valence electrons. The molecule has 41 heavy (non-hydrogen) atoms. The zero-order valence-corrected chi connectivity index (χ0v) is 22.8. The Morgan fingerprint density at radius 3 is 2.44 bits per heavy atom. The van der Waals surface area contributed by atoms with Crippen LogP contribution in [0, 0.1) is 5.92 Å². The molecular weight excluding hydrogens is 512 g/mol. The number of hydrogen-bond donors (Lipinski definition) is 1. The number of nitrogens with zero attached hydrogens (tertiary/aromatic N) is 5. The molecule has 7 rings (SSSR count). The van der Waals surface area contributed by atoms with Crippen LogP contribution in [0.5, 0.6) is 0 Å². The molecule has 8 nitrogen and oxygen atoms in total. The summed E-state index contributed by atoms with van der Waals surface area (Å²) in [4.78, 5) is 27.3. The third-order valence-corrected chi connectivity index (χ3v) is 8.21. The van der Waals surface area contributed by atoms with Crippen molar-refractivity contribution in [3.63, 3.8) is 0 Å². The van der Waals surface area contributed by atoms with Crippen molar-refractivity contribution in [1.82, 2.24) is 24.5 Å². The molecule has 2 amide bonds. The lowest BCUT2D eigenvalue weighted by atomic mass is 10.0. The first-order chi connectivity index (χ1) is 20.1. The molecule has 0 unspecified atom stereocenters. The van der Waals surface area contributed by atoms with Gasteiger partial charge in [0, 0.05) is 46.9 Å². The SMILES string of the molecule is O=C(Nc1cccc(C(=O)N2CCC(n3cc(Cn4c(-c5ccccc5)cc5ccccc54)nn3)CC2)c1)C1CC1. The largest absolute Gasteiger partial charge is 0.338 e. The number of para-hydroxylation sites is 1. The number of anilines is 1. The van der Waals surface area contributed by atoms with Crippen LogP contribution in [0.1, 0.15) is 47.8 Å². The van der Waals surface area contributed by atoms with Crippen LogP contribution < -0.4 is 5.32 Å². The first-order valence-electron chi connectivity index (χ1n) is 14.4. The van der Waals surface area contributed by atoms with Gasteiger partial charge in [-0.05, 0) is 61.6 Å². The predicted molar refractivity (Wildman–Crippen MR) is 158 cm³/mol. The van der Waals surface area contributed by atoms with Crippen molar-refractivity contribution in [2.24, 2.45) is 5.92 Å². The Hall–Kier alpha value is -4.72. The summed E-state index contributed by atoms with van der Waals surface area (Å²) in [5.41, 5.74) is 5.70. The van der Waals surface area contributed by atoms with Crippen LogP contribution in [-0.2, 0) is 11.3 Å². The summed E-state index contributed by atoms with van der Waals surface area (Å²) in [6.07, 6.45) is 5.58. The smallest absolute Gasteiger partial charge is 0.253 e. The number of aromatic nitrogens is 4. The fourth-order valence-corrected chi connectivity index (χ4v) is 5.79. The van der Waals surface area contributed by atoms with E-state index in [4.69, 9.17) is 0 Å². The summed E-state index contributed by atoms with van der Waals surface area (Å²) in [6.45, 7) is 1.93. The van der Waals surface area contributed by atoms with Crippen LogP contribution >= 0.6 is 0 Å². The number of rotatable bonds is 7. The van der Waals surface area contributed by atoms with Gasteiger partial charge in [-0.3, -0.25) is 9.59 Å². The minimum absolute atomic E-state index is 0.00169. The van der Waals surface area contributed by atoms with Crippen LogP contribution in [0.15, 0.2) is 91.1 Å². The van der Waals surface area contributed by atoms with Gasteiger partial charge in [0.05, 0.1) is 18.8 Å². The number of carbonyl (C=O) groups excluding carboxylic acids is 2. The van der Waals surface area contributed by atoms with E-state index in [1.165, 1.54) is 16.5 Å². The zero-order valence-electron chi connectivity index (χ0n) is 22.8. The van der Waals surface area contributed by atoms with Crippen LogP contribution in [0.25, 0.3) is 22.2 Å². The van der Waals surface area contributed by atoms with E-state index >= 15 is 0 Å². The average Bonchev–Trinajstić information content (AvgIpc) is 3.67. The maximum absolute atomic E-state index is 13.2. The van der Waals surface area contributed by atoms with Crippen molar-refractivity contribution >= 4 is 28.4 Å². The molecule has 2 aromatic heterocycles. The standard InChI is InChI=1S/C33H32N6O2/c40-32(24-13-14-24)34-27-11-6-10-26(19-27)33(41)37-17-15-29(16-18-37)39-22-28(35-36-39)21-38-30-12-5-4-9-25(30)20-31(38)23-7-2-1-3-8-23/h1-12,19-20,22,24,29H,13-18,21H2,(H,34,40). The number of nitrogens with one attached hydrogen (secondary N) is 1. The second kappa shape index (κ2) is 10.7. The van der Waals surface area contributed by atoms with Gasteiger partial charge in [-0.1, -0.05) is 59.8 Å². The third kappa shape index (κ3) is 5.25. The molecule has 0 radical (unpaired) electrons. The van der Waals surface area contributed by atoms with Gasteiger partial charge >= 0.3 is 0 Å². The highest BCUT2D eigenvalue weighted by atomic mass is 16.2. The Morgan fingerprint density at radius 1 is 0.854 bits per heavy atom. The van der Waals surface area contributed by atoms with Gasteiger partial charge in [0.15, 0.2) is 0 Å². The fourth-order valence-electron chi connectivity index (χ4n) is 5.79. The Kier molecular flexibility index (Phi) is 6.59. The van der Waals surface area contributed by atoms with Crippen LogP contribution in [0.4, 0.5) is 5.69 Å². The normalized spacial score (nSPS) is 15.8. The molecule has 1 saturated carbocycles. The fraction of sp³-hybridized carbons (Fsp3) is 0.273. The first kappa shape index (κ1) is 25.3. The highest BCUT2D eigenvalue weighted by Gasteiger charge is 2.30. The summed E-state index contributed by atoms with van der Waals surface area (Å²) in [6, 6.07) is 28.6. The molecule has 1 N–H and O–H groups in total. The highest BCUT2D eigenvalue weighted by molar-refractivity contribution is 5.98. The Bertz CT molecular complexity index is 1710. The van der Waals surface area contributed by atoms with E-state index in [2.05, 4.69) is 81.0 Å². The molecule has 1 aliphatic carbocycles. The van der Waals surface area contributed by atoms with E-state index < -0.39 is 0 Å². The summed E-state index contributed by atoms with van der Waals surface area (Å²) in [5, 5.41) is 13.2. The number of piperidine rings is 1. The molecule has 3 heterocycles. The second-order valence-corrected chi connectivity index (χ2v) is 11.1. The lowest BCUT2D eigenvalue weighted by Gasteiger charge is -2.32. The van der Waals surface area contributed by atoms with Crippen molar-refractivity contribution in [2.75, 3.05) is 18.4 Å². The lowest BCUT2D eigenvalue weighted by Crippen LogP contribution is -2.39. The van der Waals surface area contributed by atoms with Gasteiger partial charge in [0.1, 0.15) is 5.69 Å². The first-order valence-corrected chi connectivity index (χ1v) is 14.4. The molecule has 0 bridgehead atoms.